The summed E-state index contributed by atoms with van der Waals surface area (Å²) < 4.78 is 74.4. The van der Waals surface area contributed by atoms with Crippen LogP contribution < -0.4 is 40.2 Å². The molecule has 0 aromatic heterocycles. The molecule has 17 heteroatoms. The molecule has 0 saturated heterocycles. The molecule has 0 radical (unpaired) electrons. The predicted molar refractivity (Wildman–Crippen MR) is 335 cm³/mol. The first-order valence-electron chi connectivity index (χ1n) is 28.0. The summed E-state index contributed by atoms with van der Waals surface area (Å²) in [5.74, 6) is -0.122. The van der Waals surface area contributed by atoms with Gasteiger partial charge in [-0.2, -0.15) is 8.42 Å². The van der Waals surface area contributed by atoms with Gasteiger partial charge >= 0.3 is 39.7 Å². The van der Waals surface area contributed by atoms with Gasteiger partial charge in [-0.3, -0.25) is 14.1 Å². The summed E-state index contributed by atoms with van der Waals surface area (Å²) in [5.41, 5.74) is 9.35. The number of aromatic hydroxyl groups is 2. The Morgan fingerprint density at radius 3 is 1.13 bits per heavy atom. The second-order valence-corrected chi connectivity index (χ2v) is 29.3. The average molecular weight is 1220 g/mol. The third-order valence-electron chi connectivity index (χ3n) is 15.8. The van der Waals surface area contributed by atoms with Crippen LogP contribution in [0.4, 0.5) is 22.7 Å². The van der Waals surface area contributed by atoms with E-state index in [1.165, 1.54) is 0 Å². The van der Waals surface area contributed by atoms with Crippen LogP contribution in [-0.2, 0) is 55.1 Å². The first kappa shape index (κ1) is 68.8. The second kappa shape index (κ2) is 24.7. The number of nitrogens with one attached hydrogen (secondary N) is 2. The van der Waals surface area contributed by atoms with E-state index in [-0.39, 0.29) is 75.2 Å². The maximum Gasteiger partial charge on any atom is 1.00 e. The summed E-state index contributed by atoms with van der Waals surface area (Å²) in [5, 5.41) is 52.1. The van der Waals surface area contributed by atoms with Crippen LogP contribution in [0.2, 0.25) is 0 Å². The normalized spacial score (nSPS) is 12.4. The van der Waals surface area contributed by atoms with Gasteiger partial charge in [0.2, 0.25) is 0 Å². The van der Waals surface area contributed by atoms with E-state index in [0.29, 0.717) is 95.6 Å². The standard InChI is InChI=1S/C69H80N2O12S2.Na/c1-36-25-38(3)60(40(5)57(36)62(74)44-29-50(66(7,8)9)64(76)51(30-44)67(10,11)12)70-54-23-19-42(27-46(54)34-72)59(49-22-21-48(84(78,79)80)33-56(49)85(81,82)83)43-20-24-55(47(28-43)35-73)71-61-39(4)26-37(2)58(41(61)6)63(75)45-31-52(68(13,14)15)65(77)53(32-45)69(16,17)18;/h19-33,70-73H,34-35H2,1-18H3,(H3-,74,75,76,77,78,79,80,81,82,83);/q;+1. The summed E-state index contributed by atoms with van der Waals surface area (Å²) >= 11 is 0. The van der Waals surface area contributed by atoms with Crippen molar-refractivity contribution in [1.82, 2.24) is 0 Å². The Balaban J connectivity index is 0.0000118. The van der Waals surface area contributed by atoms with Crippen LogP contribution in [0, 0.1) is 47.5 Å². The number of rotatable bonds is 15. The van der Waals surface area contributed by atoms with Crippen molar-refractivity contribution in [2.24, 2.45) is 0 Å². The van der Waals surface area contributed by atoms with Gasteiger partial charge in [-0.15, -0.1) is 0 Å². The fourth-order valence-corrected chi connectivity index (χ4v) is 12.7. The van der Waals surface area contributed by atoms with Gasteiger partial charge < -0.3 is 35.6 Å². The Hall–Kier alpha value is -6.31. The van der Waals surface area contributed by atoms with Crippen molar-refractivity contribution >= 4 is 54.6 Å². The monoisotopic (exact) mass is 1220 g/mol. The van der Waals surface area contributed by atoms with Crippen molar-refractivity contribution in [3.63, 3.8) is 0 Å². The van der Waals surface area contributed by atoms with E-state index in [0.717, 1.165) is 34.4 Å². The Kier molecular flexibility index (Phi) is 19.8. The molecule has 0 unspecified atom stereocenters. The van der Waals surface area contributed by atoms with Gasteiger partial charge in [-0.1, -0.05) is 95.2 Å². The molecule has 0 saturated carbocycles. The van der Waals surface area contributed by atoms with Crippen molar-refractivity contribution in [2.45, 2.75) is 169 Å². The topological polar surface area (TPSA) is 251 Å². The second-order valence-electron chi connectivity index (χ2n) is 26.5. The summed E-state index contributed by atoms with van der Waals surface area (Å²) in [6.45, 7) is 33.7. The van der Waals surface area contributed by atoms with Crippen LogP contribution in [0.5, 0.6) is 11.5 Å². The average Bonchev–Trinajstić information content (AvgIpc) is 0.852. The molecule has 0 aliphatic heterocycles. The quantitative estimate of drug-likeness (QED) is 0.0166. The SMILES string of the molecule is Cc1cc(C)c(C(=O)c2cc(C(C)(C)C)c(O)c(C(C)(C)C)c2)c(C)c1Nc1ccc([C+](c2ccc(Nc3c(C)cc(C)c(C(=O)c4cc(C(C)(C)C)c(O)c(C(C)(C)C)c4)c3C)c(CO)c2)c2ccc(S(=O)(=O)[O-])cc2S(=O)(=O)O)cc1CO.[Na+]. The van der Waals surface area contributed by atoms with Gasteiger partial charge in [0, 0.05) is 73.1 Å². The number of hydrogen-bond donors (Lipinski definition) is 7. The molecule has 0 aliphatic rings. The molecule has 0 atom stereocenters. The summed E-state index contributed by atoms with van der Waals surface area (Å²) in [6.07, 6.45) is 0. The third kappa shape index (κ3) is 14.0. The zero-order valence-corrected chi connectivity index (χ0v) is 56.6. The van der Waals surface area contributed by atoms with Crippen LogP contribution in [0.25, 0.3) is 0 Å². The molecule has 0 bridgehead atoms. The van der Waals surface area contributed by atoms with Crippen molar-refractivity contribution < 1.29 is 85.5 Å². The molecule has 7 aromatic carbocycles. The molecule has 7 aromatic rings. The largest absolute Gasteiger partial charge is 1.00 e. The smallest absolute Gasteiger partial charge is 0.744 e. The summed E-state index contributed by atoms with van der Waals surface area (Å²) in [6, 6.07) is 23.1. The van der Waals surface area contributed by atoms with Gasteiger partial charge in [-0.25, -0.2) is 8.42 Å². The van der Waals surface area contributed by atoms with Crippen LogP contribution in [0.15, 0.2) is 101 Å². The zero-order chi connectivity index (χ0) is 63.8. The van der Waals surface area contributed by atoms with Gasteiger partial charge in [-0.05, 0) is 169 Å². The molecule has 7 rings (SSSR count). The van der Waals surface area contributed by atoms with E-state index < -0.39 is 64.9 Å². The molecule has 0 aliphatic carbocycles. The van der Waals surface area contributed by atoms with Crippen LogP contribution in [0.1, 0.15) is 198 Å². The van der Waals surface area contributed by atoms with E-state index in [2.05, 4.69) is 10.6 Å². The van der Waals surface area contributed by atoms with Crippen molar-refractivity contribution in [2.75, 3.05) is 10.6 Å². The number of hydrogen-bond acceptors (Lipinski definition) is 13. The molecular formula is C69H80N2NaO12S2+. The Morgan fingerprint density at radius 1 is 0.500 bits per heavy atom. The summed E-state index contributed by atoms with van der Waals surface area (Å²) in [4.78, 5) is 27.8. The predicted octanol–water partition coefficient (Wildman–Crippen LogP) is 11.2. The van der Waals surface area contributed by atoms with Crippen molar-refractivity contribution in [1.29, 1.82) is 0 Å². The Bertz CT molecular complexity index is 3820. The zero-order valence-electron chi connectivity index (χ0n) is 53.0. The van der Waals surface area contributed by atoms with E-state index in [1.807, 2.05) is 137 Å². The first-order chi connectivity index (χ1) is 39.0. The minimum absolute atomic E-state index is 0. The molecular weight excluding hydrogens is 1140 g/mol. The van der Waals surface area contributed by atoms with Gasteiger partial charge in [0.15, 0.2) is 11.6 Å². The third-order valence-corrected chi connectivity index (χ3v) is 17.5. The van der Waals surface area contributed by atoms with Crippen LogP contribution in [0.3, 0.4) is 0 Å². The molecule has 14 nitrogen and oxygen atoms in total. The number of anilines is 4. The van der Waals surface area contributed by atoms with Gasteiger partial charge in [0.25, 0.3) is 0 Å². The van der Waals surface area contributed by atoms with Gasteiger partial charge in [0.1, 0.15) is 26.5 Å². The van der Waals surface area contributed by atoms with E-state index in [4.69, 9.17) is 0 Å². The van der Waals surface area contributed by atoms with Crippen LogP contribution >= 0.6 is 0 Å². The number of carbonyl (C=O) groups excluding carboxylic acids is 2. The molecule has 7 N–H and O–H groups in total. The number of benzene rings is 7. The Morgan fingerprint density at radius 2 is 0.837 bits per heavy atom. The number of aliphatic hydroxyl groups excluding tert-OH is 2. The fourth-order valence-electron chi connectivity index (χ4n) is 11.4. The van der Waals surface area contributed by atoms with Crippen molar-refractivity contribution in [3.05, 3.63) is 203 Å². The molecule has 0 spiro atoms. The van der Waals surface area contributed by atoms with E-state index in [9.17, 15) is 56.0 Å². The number of aliphatic hydroxyl groups is 2. The molecule has 450 valence electrons. The first-order valence-corrected chi connectivity index (χ1v) is 30.9. The Labute approximate surface area is 530 Å². The van der Waals surface area contributed by atoms with E-state index >= 15 is 0 Å². The maximum absolute atomic E-state index is 14.8. The number of ketones is 2. The van der Waals surface area contributed by atoms with Crippen LogP contribution in [-0.4, -0.2) is 57.9 Å². The van der Waals surface area contributed by atoms with Crippen molar-refractivity contribution in [3.8, 4) is 11.5 Å². The molecule has 0 fully saturated rings. The number of phenolic OH excluding ortho intramolecular Hbond substituents is 2. The minimum Gasteiger partial charge on any atom is -0.744 e. The number of phenols is 2. The van der Waals surface area contributed by atoms with Gasteiger partial charge in [0.05, 0.1) is 52.1 Å². The minimum atomic E-state index is -5.27. The molecule has 86 heavy (non-hydrogen) atoms. The summed E-state index contributed by atoms with van der Waals surface area (Å²) in [7, 11) is -10.5. The maximum atomic E-state index is 14.8. The van der Waals surface area contributed by atoms with E-state index in [1.54, 1.807) is 60.7 Å². The fraction of sp³-hybridized carbons (Fsp3) is 0.348. The number of carbonyl (C=O) groups is 2. The molecule has 0 amide bonds. The number of aryl methyl sites for hydroxylation is 4. The molecule has 0 heterocycles.